The van der Waals surface area contributed by atoms with Gasteiger partial charge in [-0.05, 0) is 44.4 Å². The summed E-state index contributed by atoms with van der Waals surface area (Å²) in [6.45, 7) is 7.01. The van der Waals surface area contributed by atoms with E-state index in [-0.39, 0.29) is 0 Å². The van der Waals surface area contributed by atoms with Crippen molar-refractivity contribution in [3.05, 3.63) is 59.5 Å². The Bertz CT molecular complexity index is 889. The van der Waals surface area contributed by atoms with Crippen molar-refractivity contribution in [3.63, 3.8) is 0 Å². The number of rotatable bonds is 5. The van der Waals surface area contributed by atoms with Crippen LogP contribution in [-0.2, 0) is 6.54 Å². The van der Waals surface area contributed by atoms with E-state index in [1.165, 1.54) is 28.7 Å². The van der Waals surface area contributed by atoms with Crippen LogP contribution in [0.4, 0.5) is 5.95 Å². The van der Waals surface area contributed by atoms with Gasteiger partial charge in [0.2, 0.25) is 5.95 Å². The zero-order valence-corrected chi connectivity index (χ0v) is 15.9. The van der Waals surface area contributed by atoms with Gasteiger partial charge in [0.25, 0.3) is 0 Å². The monoisotopic (exact) mass is 362 g/mol. The summed E-state index contributed by atoms with van der Waals surface area (Å²) in [6.07, 6.45) is 7.86. The van der Waals surface area contributed by atoms with E-state index in [9.17, 15) is 0 Å². The topological polar surface area (TPSA) is 69.7 Å². The Labute approximate surface area is 160 Å². The fourth-order valence-electron chi connectivity index (χ4n) is 3.72. The first-order valence-electron chi connectivity index (χ1n) is 9.56. The van der Waals surface area contributed by atoms with Crippen molar-refractivity contribution in [1.82, 2.24) is 25.5 Å². The van der Waals surface area contributed by atoms with Crippen molar-refractivity contribution in [1.29, 1.82) is 0 Å². The second-order valence-electron chi connectivity index (χ2n) is 7.30. The van der Waals surface area contributed by atoms with Crippen molar-refractivity contribution < 1.29 is 0 Å². The minimum atomic E-state index is 0.420. The molecule has 3 heterocycles. The highest BCUT2D eigenvalue weighted by Crippen LogP contribution is 2.26. The van der Waals surface area contributed by atoms with Gasteiger partial charge in [-0.2, -0.15) is 5.10 Å². The lowest BCUT2D eigenvalue weighted by Crippen LogP contribution is -2.46. The lowest BCUT2D eigenvalue weighted by atomic mass is 10.00. The quantitative estimate of drug-likeness (QED) is 0.729. The Kier molecular flexibility index (Phi) is 5.16. The fourth-order valence-corrected chi connectivity index (χ4v) is 3.72. The Hall–Kier alpha value is -2.73. The molecule has 0 amide bonds. The molecule has 2 N–H and O–H groups in total. The van der Waals surface area contributed by atoms with Crippen molar-refractivity contribution in [2.24, 2.45) is 0 Å². The highest BCUT2D eigenvalue weighted by molar-refractivity contribution is 5.67. The van der Waals surface area contributed by atoms with Gasteiger partial charge in [0.05, 0.1) is 11.9 Å². The van der Waals surface area contributed by atoms with Crippen LogP contribution >= 0.6 is 0 Å². The molecule has 0 radical (unpaired) electrons. The molecule has 0 aliphatic carbocycles. The van der Waals surface area contributed by atoms with Gasteiger partial charge in [0.15, 0.2) is 0 Å². The molecular weight excluding hydrogens is 336 g/mol. The maximum Gasteiger partial charge on any atom is 0.225 e. The highest BCUT2D eigenvalue weighted by atomic mass is 15.3. The van der Waals surface area contributed by atoms with Crippen LogP contribution in [0.5, 0.6) is 0 Å². The van der Waals surface area contributed by atoms with Crippen LogP contribution in [0.1, 0.15) is 29.5 Å². The van der Waals surface area contributed by atoms with Gasteiger partial charge in [-0.3, -0.25) is 5.10 Å². The van der Waals surface area contributed by atoms with Crippen LogP contribution in [0.2, 0.25) is 0 Å². The van der Waals surface area contributed by atoms with E-state index in [1.54, 1.807) is 12.4 Å². The summed E-state index contributed by atoms with van der Waals surface area (Å²) in [5.74, 6) is 0.823. The molecule has 3 aromatic rings. The lowest BCUT2D eigenvalue weighted by Gasteiger charge is -2.33. The summed E-state index contributed by atoms with van der Waals surface area (Å²) < 4.78 is 0. The number of piperidine rings is 1. The van der Waals surface area contributed by atoms with Crippen LogP contribution in [0, 0.1) is 13.8 Å². The first-order valence-corrected chi connectivity index (χ1v) is 9.56. The molecule has 1 aliphatic rings. The van der Waals surface area contributed by atoms with E-state index in [1.807, 2.05) is 12.3 Å². The predicted molar refractivity (Wildman–Crippen MR) is 108 cm³/mol. The van der Waals surface area contributed by atoms with E-state index in [4.69, 9.17) is 0 Å². The van der Waals surface area contributed by atoms with Crippen molar-refractivity contribution in [2.75, 3.05) is 18.0 Å². The van der Waals surface area contributed by atoms with Crippen LogP contribution in [0.25, 0.3) is 11.3 Å². The summed E-state index contributed by atoms with van der Waals surface area (Å²) in [4.78, 5) is 11.0. The van der Waals surface area contributed by atoms with E-state index in [2.05, 4.69) is 62.4 Å². The van der Waals surface area contributed by atoms with Crippen LogP contribution in [-0.4, -0.2) is 39.3 Å². The van der Waals surface area contributed by atoms with Crippen LogP contribution < -0.4 is 10.2 Å². The maximum atomic E-state index is 4.39. The Balaban J connectivity index is 1.44. The third kappa shape index (κ3) is 4.01. The fraction of sp³-hybridized carbons (Fsp3) is 0.381. The number of benzene rings is 1. The number of aryl methyl sites for hydroxylation is 2. The molecule has 1 aromatic carbocycles. The van der Waals surface area contributed by atoms with Crippen molar-refractivity contribution in [3.8, 4) is 11.3 Å². The number of nitrogens with zero attached hydrogens (tertiary/aromatic N) is 4. The molecule has 4 rings (SSSR count). The average Bonchev–Trinajstić information content (AvgIpc) is 3.17. The molecule has 6 nitrogen and oxygen atoms in total. The van der Waals surface area contributed by atoms with E-state index in [0.29, 0.717) is 6.04 Å². The summed E-state index contributed by atoms with van der Waals surface area (Å²) in [5, 5.41) is 11.2. The molecule has 1 fully saturated rings. The van der Waals surface area contributed by atoms with Gasteiger partial charge in [0.1, 0.15) is 0 Å². The zero-order chi connectivity index (χ0) is 18.6. The maximum absolute atomic E-state index is 4.39. The number of hydrogen-bond acceptors (Lipinski definition) is 5. The third-order valence-corrected chi connectivity index (χ3v) is 5.22. The molecule has 0 unspecified atom stereocenters. The number of aromatic amines is 1. The summed E-state index contributed by atoms with van der Waals surface area (Å²) in [7, 11) is 0. The summed E-state index contributed by atoms with van der Waals surface area (Å²) in [6, 6.07) is 8.82. The zero-order valence-electron chi connectivity index (χ0n) is 15.9. The number of hydrogen-bond donors (Lipinski definition) is 2. The summed E-state index contributed by atoms with van der Waals surface area (Å²) >= 11 is 0. The summed E-state index contributed by atoms with van der Waals surface area (Å²) in [5.41, 5.74) is 6.07. The predicted octanol–water partition coefficient (Wildman–Crippen LogP) is 3.24. The standard InChI is InChI=1S/C21H26N6/c1-15-6-7-16(2)19(11-15)20-17(13-25-26-20)12-24-18-5-3-10-27(14-18)21-22-8-4-9-23-21/h4,6-9,11,13,18,24H,3,5,10,12,14H2,1-2H3,(H,25,26)/t18-/m0/s1. The Morgan fingerprint density at radius 3 is 2.93 bits per heavy atom. The van der Waals surface area contributed by atoms with Gasteiger partial charge >= 0.3 is 0 Å². The molecule has 2 aromatic heterocycles. The molecule has 0 saturated carbocycles. The van der Waals surface area contributed by atoms with Crippen LogP contribution in [0.3, 0.4) is 0 Å². The number of nitrogens with one attached hydrogen (secondary N) is 2. The molecule has 1 aliphatic heterocycles. The normalized spacial score (nSPS) is 17.3. The van der Waals surface area contributed by atoms with Gasteiger partial charge in [0, 0.05) is 49.2 Å². The van der Waals surface area contributed by atoms with E-state index in [0.717, 1.165) is 37.7 Å². The van der Waals surface area contributed by atoms with Gasteiger partial charge < -0.3 is 10.2 Å². The van der Waals surface area contributed by atoms with Crippen molar-refractivity contribution in [2.45, 2.75) is 39.3 Å². The van der Waals surface area contributed by atoms with Gasteiger partial charge in [-0.25, -0.2) is 9.97 Å². The third-order valence-electron chi connectivity index (χ3n) is 5.22. The lowest BCUT2D eigenvalue weighted by molar-refractivity contribution is 0.418. The molecule has 6 heteroatoms. The minimum absolute atomic E-state index is 0.420. The van der Waals surface area contributed by atoms with Gasteiger partial charge in [-0.15, -0.1) is 0 Å². The Morgan fingerprint density at radius 2 is 2.07 bits per heavy atom. The number of anilines is 1. The molecule has 1 atom stereocenters. The van der Waals surface area contributed by atoms with E-state index < -0.39 is 0 Å². The second-order valence-corrected chi connectivity index (χ2v) is 7.30. The van der Waals surface area contributed by atoms with Gasteiger partial charge in [-0.1, -0.05) is 17.7 Å². The van der Waals surface area contributed by atoms with E-state index >= 15 is 0 Å². The SMILES string of the molecule is Cc1ccc(C)c(-c2[nH]ncc2CN[C@H]2CCCN(c3ncccn3)C2)c1. The molecule has 27 heavy (non-hydrogen) atoms. The highest BCUT2D eigenvalue weighted by Gasteiger charge is 2.22. The second kappa shape index (κ2) is 7.88. The number of H-pyrrole nitrogens is 1. The van der Waals surface area contributed by atoms with Crippen molar-refractivity contribution >= 4 is 5.95 Å². The van der Waals surface area contributed by atoms with Crippen LogP contribution in [0.15, 0.2) is 42.9 Å². The number of aromatic nitrogens is 4. The largest absolute Gasteiger partial charge is 0.339 e. The minimum Gasteiger partial charge on any atom is -0.339 e. The first kappa shape index (κ1) is 17.7. The smallest absolute Gasteiger partial charge is 0.225 e. The molecule has 0 bridgehead atoms. The molecule has 140 valence electrons. The molecule has 1 saturated heterocycles. The average molecular weight is 362 g/mol. The molecule has 0 spiro atoms. The first-order chi connectivity index (χ1) is 13.2. The Morgan fingerprint density at radius 1 is 1.22 bits per heavy atom. The molecular formula is C21H26N6.